The number of aryl methyl sites for hydroxylation is 1. The number of methoxy groups -OCH3 is 2. The van der Waals surface area contributed by atoms with E-state index in [1.54, 1.807) is 25.1 Å². The number of carbonyl (C=O) groups is 3. The Labute approximate surface area is 199 Å². The van der Waals surface area contributed by atoms with E-state index >= 15 is 0 Å². The van der Waals surface area contributed by atoms with Crippen molar-refractivity contribution in [1.82, 2.24) is 10.6 Å². The molecule has 0 bridgehead atoms. The molecule has 2 aromatic carbocycles. The van der Waals surface area contributed by atoms with Gasteiger partial charge in [0.15, 0.2) is 11.5 Å². The first-order valence-electron chi connectivity index (χ1n) is 10.9. The Kier molecular flexibility index (Phi) is 9.88. The molecule has 0 saturated heterocycles. The first-order valence-corrected chi connectivity index (χ1v) is 10.9. The van der Waals surface area contributed by atoms with Crippen LogP contribution in [0.15, 0.2) is 48.5 Å². The van der Waals surface area contributed by atoms with Crippen LogP contribution < -0.4 is 15.4 Å². The lowest BCUT2D eigenvalue weighted by Gasteiger charge is -2.30. The standard InChI is InChI=1S/C25H32N2O7/c1-25(24(32)34-3,16-18-8-5-4-6-9-18)27-23(31)19(15-22(29)30)26-13-7-10-17-11-12-20(28)21(14-17)33-2/h4-6,8-9,11-12,14,19,26,28H,7,10,13,15-16H2,1-3H3,(H,27,31)(H,29,30)/t19-,25-/m0/s1. The minimum absolute atomic E-state index is 0.0479. The SMILES string of the molecule is COC(=O)[C@](C)(Cc1ccccc1)NC(=O)[C@H](CC(=O)O)NCCCc1ccc(O)c(OC)c1. The fourth-order valence-electron chi connectivity index (χ4n) is 3.63. The molecule has 4 N–H and O–H groups in total. The molecule has 0 heterocycles. The van der Waals surface area contributed by atoms with Gasteiger partial charge in [-0.25, -0.2) is 4.79 Å². The van der Waals surface area contributed by atoms with Crippen LogP contribution in [0.5, 0.6) is 11.5 Å². The van der Waals surface area contributed by atoms with E-state index in [4.69, 9.17) is 9.47 Å². The second kappa shape index (κ2) is 12.6. The van der Waals surface area contributed by atoms with Crippen molar-refractivity contribution < 1.29 is 34.1 Å². The van der Waals surface area contributed by atoms with E-state index in [1.165, 1.54) is 14.2 Å². The molecular formula is C25H32N2O7. The van der Waals surface area contributed by atoms with Crippen molar-refractivity contribution in [2.45, 2.75) is 44.2 Å². The Morgan fingerprint density at radius 3 is 2.38 bits per heavy atom. The van der Waals surface area contributed by atoms with Crippen LogP contribution in [0, 0.1) is 0 Å². The Morgan fingerprint density at radius 2 is 1.76 bits per heavy atom. The van der Waals surface area contributed by atoms with Crippen LogP contribution in [0.25, 0.3) is 0 Å². The van der Waals surface area contributed by atoms with Gasteiger partial charge in [0.2, 0.25) is 5.91 Å². The zero-order valence-electron chi connectivity index (χ0n) is 19.7. The highest BCUT2D eigenvalue weighted by atomic mass is 16.5. The second-order valence-corrected chi connectivity index (χ2v) is 8.19. The van der Waals surface area contributed by atoms with Crippen molar-refractivity contribution in [2.24, 2.45) is 0 Å². The van der Waals surface area contributed by atoms with E-state index in [9.17, 15) is 24.6 Å². The number of ether oxygens (including phenoxy) is 2. The number of rotatable bonds is 13. The second-order valence-electron chi connectivity index (χ2n) is 8.19. The van der Waals surface area contributed by atoms with Crippen LogP contribution in [-0.4, -0.2) is 60.4 Å². The summed E-state index contributed by atoms with van der Waals surface area (Å²) in [4.78, 5) is 36.9. The third-order valence-electron chi connectivity index (χ3n) is 5.41. The summed E-state index contributed by atoms with van der Waals surface area (Å²) in [5.74, 6) is -1.95. The molecule has 0 aliphatic heterocycles. The highest BCUT2D eigenvalue weighted by Crippen LogP contribution is 2.26. The molecule has 2 aromatic rings. The molecule has 34 heavy (non-hydrogen) atoms. The first-order chi connectivity index (χ1) is 16.2. The summed E-state index contributed by atoms with van der Waals surface area (Å²) < 4.78 is 10.0. The minimum Gasteiger partial charge on any atom is -0.504 e. The molecule has 2 atom stereocenters. The third kappa shape index (κ3) is 7.77. The maximum Gasteiger partial charge on any atom is 0.331 e. The van der Waals surface area contributed by atoms with Gasteiger partial charge < -0.3 is 30.3 Å². The monoisotopic (exact) mass is 472 g/mol. The number of phenols is 1. The van der Waals surface area contributed by atoms with Gasteiger partial charge in [-0.1, -0.05) is 36.4 Å². The molecule has 0 aliphatic carbocycles. The lowest BCUT2D eigenvalue weighted by molar-refractivity contribution is -0.150. The number of hydrogen-bond donors (Lipinski definition) is 4. The summed E-state index contributed by atoms with van der Waals surface area (Å²) >= 11 is 0. The van der Waals surface area contributed by atoms with E-state index in [-0.39, 0.29) is 12.2 Å². The molecule has 0 saturated carbocycles. The highest BCUT2D eigenvalue weighted by molar-refractivity contribution is 5.92. The summed E-state index contributed by atoms with van der Waals surface area (Å²) in [5, 5.41) is 24.7. The molecular weight excluding hydrogens is 440 g/mol. The molecule has 9 nitrogen and oxygen atoms in total. The zero-order chi connectivity index (χ0) is 25.1. The van der Waals surface area contributed by atoms with E-state index in [1.807, 2.05) is 30.3 Å². The van der Waals surface area contributed by atoms with E-state index in [2.05, 4.69) is 10.6 Å². The Bertz CT molecular complexity index is 980. The van der Waals surface area contributed by atoms with Gasteiger partial charge in [-0.15, -0.1) is 0 Å². The van der Waals surface area contributed by atoms with Crippen LogP contribution in [0.3, 0.4) is 0 Å². The predicted molar refractivity (Wildman–Crippen MR) is 126 cm³/mol. The Hall–Kier alpha value is -3.59. The van der Waals surface area contributed by atoms with Gasteiger partial charge in [0.05, 0.1) is 26.7 Å². The van der Waals surface area contributed by atoms with Gasteiger partial charge in [0, 0.05) is 6.42 Å². The van der Waals surface area contributed by atoms with Crippen LogP contribution >= 0.6 is 0 Å². The molecule has 1 amide bonds. The third-order valence-corrected chi connectivity index (χ3v) is 5.41. The van der Waals surface area contributed by atoms with E-state index < -0.39 is 35.8 Å². The highest BCUT2D eigenvalue weighted by Gasteiger charge is 2.38. The van der Waals surface area contributed by atoms with Crippen LogP contribution in [0.2, 0.25) is 0 Å². The van der Waals surface area contributed by atoms with Gasteiger partial charge in [-0.2, -0.15) is 0 Å². The fourth-order valence-corrected chi connectivity index (χ4v) is 3.63. The maximum absolute atomic E-state index is 13.0. The van der Waals surface area contributed by atoms with E-state index in [0.717, 1.165) is 11.1 Å². The molecule has 0 fully saturated rings. The maximum atomic E-state index is 13.0. The van der Waals surface area contributed by atoms with E-state index in [0.29, 0.717) is 25.1 Å². The van der Waals surface area contributed by atoms with Gasteiger partial charge in [-0.3, -0.25) is 9.59 Å². The van der Waals surface area contributed by atoms with Crippen molar-refractivity contribution in [3.05, 3.63) is 59.7 Å². The number of phenolic OH excluding ortho intramolecular Hbond substituents is 1. The molecule has 2 rings (SSSR count). The lowest BCUT2D eigenvalue weighted by atomic mass is 9.92. The lowest BCUT2D eigenvalue weighted by Crippen LogP contribution is -2.59. The number of esters is 1. The average molecular weight is 473 g/mol. The Morgan fingerprint density at radius 1 is 1.06 bits per heavy atom. The molecule has 9 heteroatoms. The largest absolute Gasteiger partial charge is 0.504 e. The van der Waals surface area contributed by atoms with Crippen LogP contribution in [0.1, 0.15) is 30.9 Å². The number of carboxylic acid groups (broad SMARTS) is 1. The summed E-state index contributed by atoms with van der Waals surface area (Å²) in [7, 11) is 2.71. The molecule has 0 unspecified atom stereocenters. The number of nitrogens with one attached hydrogen (secondary N) is 2. The van der Waals surface area contributed by atoms with Crippen molar-refractivity contribution in [3.8, 4) is 11.5 Å². The summed E-state index contributed by atoms with van der Waals surface area (Å²) in [6, 6.07) is 13.2. The molecule has 184 valence electrons. The predicted octanol–water partition coefficient (Wildman–Crippen LogP) is 2.06. The Balaban J connectivity index is 2.03. The number of amides is 1. The van der Waals surface area contributed by atoms with Crippen molar-refractivity contribution >= 4 is 17.8 Å². The normalized spacial score (nSPS) is 13.4. The molecule has 0 aromatic heterocycles. The average Bonchev–Trinajstić information content (AvgIpc) is 2.81. The number of carboxylic acids is 1. The first kappa shape index (κ1) is 26.7. The quantitative estimate of drug-likeness (QED) is 0.257. The minimum atomic E-state index is -1.37. The number of benzene rings is 2. The molecule has 0 aliphatic rings. The van der Waals surface area contributed by atoms with Crippen molar-refractivity contribution in [3.63, 3.8) is 0 Å². The van der Waals surface area contributed by atoms with Gasteiger partial charge in [0.1, 0.15) is 5.54 Å². The van der Waals surface area contributed by atoms with Crippen molar-refractivity contribution in [2.75, 3.05) is 20.8 Å². The summed E-state index contributed by atoms with van der Waals surface area (Å²) in [6.07, 6.45) is 0.977. The van der Waals surface area contributed by atoms with Crippen LogP contribution in [-0.2, 0) is 32.0 Å². The summed E-state index contributed by atoms with van der Waals surface area (Å²) in [6.45, 7) is 1.92. The number of carbonyl (C=O) groups excluding carboxylic acids is 2. The molecule has 0 spiro atoms. The number of hydrogen-bond acceptors (Lipinski definition) is 7. The van der Waals surface area contributed by atoms with Gasteiger partial charge in [-0.05, 0) is 49.6 Å². The number of aliphatic carboxylic acids is 1. The zero-order valence-corrected chi connectivity index (χ0v) is 19.7. The van der Waals surface area contributed by atoms with Crippen molar-refractivity contribution in [1.29, 1.82) is 0 Å². The number of aromatic hydroxyl groups is 1. The fraction of sp³-hybridized carbons (Fsp3) is 0.400. The smallest absolute Gasteiger partial charge is 0.331 e. The summed E-state index contributed by atoms with van der Waals surface area (Å²) in [5.41, 5.74) is 0.383. The van der Waals surface area contributed by atoms with Crippen LogP contribution in [0.4, 0.5) is 0 Å². The topological polar surface area (TPSA) is 134 Å². The molecule has 0 radical (unpaired) electrons. The van der Waals surface area contributed by atoms with Gasteiger partial charge in [0.25, 0.3) is 0 Å². The van der Waals surface area contributed by atoms with Gasteiger partial charge >= 0.3 is 11.9 Å².